The monoisotopic (exact) mass is 294 g/mol. The van der Waals surface area contributed by atoms with Crippen molar-refractivity contribution < 1.29 is 9.90 Å². The van der Waals surface area contributed by atoms with Gasteiger partial charge in [-0.2, -0.15) is 0 Å². The first kappa shape index (κ1) is 14.4. The van der Waals surface area contributed by atoms with Crippen molar-refractivity contribution in [3.05, 3.63) is 71.9 Å². The van der Waals surface area contributed by atoms with E-state index in [4.69, 9.17) is 5.11 Å². The number of hydrogen-bond acceptors (Lipinski definition) is 2. The molecule has 0 unspecified atom stereocenters. The van der Waals surface area contributed by atoms with E-state index >= 15 is 0 Å². The summed E-state index contributed by atoms with van der Waals surface area (Å²) in [5.74, 6) is -0.360. The van der Waals surface area contributed by atoms with Crippen LogP contribution in [0.2, 0.25) is 0 Å². The van der Waals surface area contributed by atoms with E-state index in [1.165, 1.54) is 5.56 Å². The summed E-state index contributed by atoms with van der Waals surface area (Å²) in [7, 11) is 0. The molecule has 0 saturated heterocycles. The molecule has 0 atom stereocenters. The number of nitrogens with one attached hydrogen (secondary N) is 1. The lowest BCUT2D eigenvalue weighted by Gasteiger charge is -2.08. The number of aliphatic hydroxyl groups is 1. The molecule has 0 saturated carbocycles. The summed E-state index contributed by atoms with van der Waals surface area (Å²) in [6.45, 7) is 0.758. The average molecular weight is 294 g/mol. The van der Waals surface area contributed by atoms with Gasteiger partial charge in [0.25, 0.3) is 0 Å². The first-order valence-electron chi connectivity index (χ1n) is 7.26. The smallest absolute Gasteiger partial charge is 0.245 e. The Labute approximate surface area is 129 Å². The molecular formula is C18H18N2O2. The lowest BCUT2D eigenvalue weighted by molar-refractivity contribution is -0.123. The zero-order chi connectivity index (χ0) is 15.4. The van der Waals surface area contributed by atoms with E-state index in [9.17, 15) is 4.79 Å². The Kier molecular flexibility index (Phi) is 4.21. The second-order valence-corrected chi connectivity index (χ2v) is 5.21. The van der Waals surface area contributed by atoms with E-state index in [1.807, 2.05) is 30.3 Å². The summed E-state index contributed by atoms with van der Waals surface area (Å²) < 4.78 is 2.20. The Morgan fingerprint density at radius 2 is 1.86 bits per heavy atom. The highest BCUT2D eigenvalue weighted by Crippen LogP contribution is 2.21. The Morgan fingerprint density at radius 3 is 2.64 bits per heavy atom. The molecule has 22 heavy (non-hydrogen) atoms. The Morgan fingerprint density at radius 1 is 1.05 bits per heavy atom. The molecule has 2 aromatic carbocycles. The first-order chi connectivity index (χ1) is 10.8. The van der Waals surface area contributed by atoms with Crippen LogP contribution in [-0.4, -0.2) is 22.2 Å². The standard InChI is InChI=1S/C18H18N2O2/c21-13-18(22)19-11-15-7-4-8-17-16(15)9-10-20(17)12-14-5-2-1-3-6-14/h1-10,21H,11-13H2,(H,19,22). The third-order valence-corrected chi connectivity index (χ3v) is 3.72. The Bertz CT molecular complexity index is 778. The number of rotatable bonds is 5. The third-order valence-electron chi connectivity index (χ3n) is 3.72. The van der Waals surface area contributed by atoms with Gasteiger partial charge >= 0.3 is 0 Å². The van der Waals surface area contributed by atoms with Crippen molar-refractivity contribution >= 4 is 16.8 Å². The number of amides is 1. The van der Waals surface area contributed by atoms with Gasteiger partial charge in [-0.25, -0.2) is 0 Å². The van der Waals surface area contributed by atoms with Gasteiger partial charge in [-0.05, 0) is 23.3 Å². The van der Waals surface area contributed by atoms with E-state index < -0.39 is 6.61 Å². The Balaban J connectivity index is 1.87. The highest BCUT2D eigenvalue weighted by Gasteiger charge is 2.07. The molecule has 0 aliphatic heterocycles. The van der Waals surface area contributed by atoms with Gasteiger partial charge in [-0.15, -0.1) is 0 Å². The van der Waals surface area contributed by atoms with Crippen LogP contribution in [0.4, 0.5) is 0 Å². The minimum atomic E-state index is -0.481. The summed E-state index contributed by atoms with van der Waals surface area (Å²) in [6.07, 6.45) is 2.06. The van der Waals surface area contributed by atoms with Crippen molar-refractivity contribution in [2.24, 2.45) is 0 Å². The number of nitrogens with zero attached hydrogens (tertiary/aromatic N) is 1. The van der Waals surface area contributed by atoms with Crippen molar-refractivity contribution in [2.45, 2.75) is 13.1 Å². The first-order valence-corrected chi connectivity index (χ1v) is 7.26. The molecule has 3 rings (SSSR count). The number of carbonyl (C=O) groups is 1. The largest absolute Gasteiger partial charge is 0.387 e. The summed E-state index contributed by atoms with van der Waals surface area (Å²) in [4.78, 5) is 11.2. The van der Waals surface area contributed by atoms with Gasteiger partial charge in [0.1, 0.15) is 6.61 Å². The molecule has 1 aromatic heterocycles. The minimum absolute atomic E-state index is 0.360. The molecule has 0 aliphatic carbocycles. The molecule has 0 aliphatic rings. The highest BCUT2D eigenvalue weighted by atomic mass is 16.3. The summed E-state index contributed by atoms with van der Waals surface area (Å²) in [5, 5.41) is 12.6. The van der Waals surface area contributed by atoms with Gasteiger partial charge in [0.15, 0.2) is 0 Å². The molecular weight excluding hydrogens is 276 g/mol. The van der Waals surface area contributed by atoms with Gasteiger partial charge in [-0.1, -0.05) is 42.5 Å². The number of fused-ring (bicyclic) bond motifs is 1. The molecule has 1 amide bonds. The van der Waals surface area contributed by atoms with Crippen molar-refractivity contribution in [3.63, 3.8) is 0 Å². The second kappa shape index (κ2) is 6.45. The van der Waals surface area contributed by atoms with Crippen LogP contribution in [0.3, 0.4) is 0 Å². The second-order valence-electron chi connectivity index (χ2n) is 5.21. The maximum Gasteiger partial charge on any atom is 0.245 e. The predicted octanol–water partition coefficient (Wildman–Crippen LogP) is 2.30. The molecule has 3 aromatic rings. The maximum atomic E-state index is 11.2. The van der Waals surface area contributed by atoms with Crippen molar-refractivity contribution in [3.8, 4) is 0 Å². The predicted molar refractivity (Wildman–Crippen MR) is 86.4 cm³/mol. The molecule has 4 heteroatoms. The summed E-state index contributed by atoms with van der Waals surface area (Å²) in [6, 6.07) is 18.4. The van der Waals surface area contributed by atoms with Crippen LogP contribution in [0, 0.1) is 0 Å². The lowest BCUT2D eigenvalue weighted by atomic mass is 10.1. The van der Waals surface area contributed by atoms with Crippen molar-refractivity contribution in [2.75, 3.05) is 6.61 Å². The van der Waals surface area contributed by atoms with Crippen LogP contribution in [0.15, 0.2) is 60.8 Å². The number of aliphatic hydroxyl groups excluding tert-OH is 1. The maximum absolute atomic E-state index is 11.2. The third kappa shape index (κ3) is 3.02. The zero-order valence-corrected chi connectivity index (χ0v) is 12.2. The van der Waals surface area contributed by atoms with Crippen molar-refractivity contribution in [1.29, 1.82) is 0 Å². The van der Waals surface area contributed by atoms with Crippen LogP contribution in [0.25, 0.3) is 10.9 Å². The molecule has 4 nitrogen and oxygen atoms in total. The van der Waals surface area contributed by atoms with Crippen LogP contribution in [-0.2, 0) is 17.9 Å². The molecule has 1 heterocycles. The van der Waals surface area contributed by atoms with E-state index in [0.29, 0.717) is 6.54 Å². The van der Waals surface area contributed by atoms with E-state index in [0.717, 1.165) is 23.0 Å². The van der Waals surface area contributed by atoms with Gasteiger partial charge in [0.05, 0.1) is 0 Å². The van der Waals surface area contributed by atoms with Crippen molar-refractivity contribution in [1.82, 2.24) is 9.88 Å². The molecule has 112 valence electrons. The molecule has 0 bridgehead atoms. The number of benzene rings is 2. The van der Waals surface area contributed by atoms with E-state index in [1.54, 1.807) is 0 Å². The van der Waals surface area contributed by atoms with Gasteiger partial charge in [0.2, 0.25) is 5.91 Å². The van der Waals surface area contributed by atoms with Crippen LogP contribution >= 0.6 is 0 Å². The number of carbonyl (C=O) groups excluding carboxylic acids is 1. The SMILES string of the molecule is O=C(CO)NCc1cccc2c1ccn2Cc1ccccc1. The van der Waals surface area contributed by atoms with Gasteiger partial charge in [-0.3, -0.25) is 4.79 Å². The number of hydrogen-bond donors (Lipinski definition) is 2. The van der Waals surface area contributed by atoms with Gasteiger partial charge < -0.3 is 15.0 Å². The number of aromatic nitrogens is 1. The normalized spacial score (nSPS) is 10.8. The fourth-order valence-electron chi connectivity index (χ4n) is 2.61. The minimum Gasteiger partial charge on any atom is -0.387 e. The van der Waals surface area contributed by atoms with Crippen LogP contribution in [0.5, 0.6) is 0 Å². The van der Waals surface area contributed by atoms with E-state index in [2.05, 4.69) is 40.3 Å². The molecule has 0 radical (unpaired) electrons. The fourth-order valence-corrected chi connectivity index (χ4v) is 2.61. The summed E-state index contributed by atoms with van der Waals surface area (Å²) >= 11 is 0. The molecule has 0 spiro atoms. The van der Waals surface area contributed by atoms with E-state index in [-0.39, 0.29) is 5.91 Å². The molecule has 2 N–H and O–H groups in total. The topological polar surface area (TPSA) is 54.3 Å². The molecule has 0 fully saturated rings. The highest BCUT2D eigenvalue weighted by molar-refractivity contribution is 5.84. The Hall–Kier alpha value is -2.59. The quantitative estimate of drug-likeness (QED) is 0.758. The summed E-state index contributed by atoms with van der Waals surface area (Å²) in [5.41, 5.74) is 3.43. The van der Waals surface area contributed by atoms with Gasteiger partial charge in [0, 0.05) is 30.2 Å². The van der Waals surface area contributed by atoms with Crippen LogP contribution in [0.1, 0.15) is 11.1 Å². The lowest BCUT2D eigenvalue weighted by Crippen LogP contribution is -2.25. The van der Waals surface area contributed by atoms with Crippen LogP contribution < -0.4 is 5.32 Å². The average Bonchev–Trinajstić information content (AvgIpc) is 2.97. The zero-order valence-electron chi connectivity index (χ0n) is 12.2. The fraction of sp³-hybridized carbons (Fsp3) is 0.167.